The van der Waals surface area contributed by atoms with Crippen LogP contribution in [0.4, 0.5) is 5.69 Å². The number of benzene rings is 1. The lowest BCUT2D eigenvalue weighted by molar-refractivity contribution is -0.384. The maximum atomic E-state index is 12.3. The van der Waals surface area contributed by atoms with Gasteiger partial charge in [-0.25, -0.2) is 5.43 Å². The van der Waals surface area contributed by atoms with Crippen LogP contribution in [0.15, 0.2) is 40.0 Å². The summed E-state index contributed by atoms with van der Waals surface area (Å²) in [5, 5.41) is 15.4. The number of amides is 1. The van der Waals surface area contributed by atoms with Crippen LogP contribution in [0.5, 0.6) is 5.75 Å². The van der Waals surface area contributed by atoms with Gasteiger partial charge in [-0.2, -0.15) is 5.10 Å². The molecule has 1 N–H and O–H groups in total. The second-order valence-corrected chi connectivity index (χ2v) is 6.55. The van der Waals surface area contributed by atoms with E-state index >= 15 is 0 Å². The number of fused-ring (bicyclic) bond motifs is 1. The Balaban J connectivity index is 1.80. The van der Waals surface area contributed by atoms with Crippen molar-refractivity contribution in [2.24, 2.45) is 5.10 Å². The number of methoxy groups -OCH3 is 1. The SMILES string of the molecule is COc1cc([N+](=O)[O-])cc2cc(C(=O)N/N=C\c3cc(C)n(C(C)C)c3)oc12. The van der Waals surface area contributed by atoms with Gasteiger partial charge >= 0.3 is 5.91 Å². The minimum absolute atomic E-state index is 0.0260. The molecule has 9 heteroatoms. The standard InChI is InChI=1S/C19H20N4O5/c1-11(2)22-10-13(5-12(22)3)9-20-21-19(24)17-7-14-6-15(23(25)26)8-16(27-4)18(14)28-17/h5-11H,1-4H3,(H,21,24)/b20-9-. The van der Waals surface area contributed by atoms with E-state index in [1.54, 1.807) is 0 Å². The van der Waals surface area contributed by atoms with Crippen LogP contribution in [-0.4, -0.2) is 28.7 Å². The second kappa shape index (κ2) is 7.55. The molecule has 0 saturated heterocycles. The van der Waals surface area contributed by atoms with Gasteiger partial charge in [-0.3, -0.25) is 14.9 Å². The fourth-order valence-electron chi connectivity index (χ4n) is 2.94. The van der Waals surface area contributed by atoms with Gasteiger partial charge in [-0.15, -0.1) is 0 Å². The number of hydrazone groups is 1. The Kier molecular flexibility index (Phi) is 5.16. The number of hydrogen-bond donors (Lipinski definition) is 1. The number of aromatic nitrogens is 1. The van der Waals surface area contributed by atoms with Crippen molar-refractivity contribution in [3.8, 4) is 5.75 Å². The van der Waals surface area contributed by atoms with Gasteiger partial charge in [-0.1, -0.05) is 0 Å². The normalized spacial score (nSPS) is 11.5. The summed E-state index contributed by atoms with van der Waals surface area (Å²) < 4.78 is 12.7. The Bertz CT molecular complexity index is 1080. The van der Waals surface area contributed by atoms with E-state index in [-0.39, 0.29) is 22.8 Å². The Morgan fingerprint density at radius 3 is 2.71 bits per heavy atom. The molecular formula is C19H20N4O5. The average molecular weight is 384 g/mol. The average Bonchev–Trinajstić information content (AvgIpc) is 3.24. The number of ether oxygens (including phenoxy) is 1. The van der Waals surface area contributed by atoms with Crippen LogP contribution >= 0.6 is 0 Å². The maximum absolute atomic E-state index is 12.3. The van der Waals surface area contributed by atoms with E-state index in [1.165, 1.54) is 31.5 Å². The summed E-state index contributed by atoms with van der Waals surface area (Å²) in [5.41, 5.74) is 4.44. The summed E-state index contributed by atoms with van der Waals surface area (Å²) >= 11 is 0. The fourth-order valence-corrected chi connectivity index (χ4v) is 2.94. The predicted molar refractivity (Wildman–Crippen MR) is 104 cm³/mol. The molecule has 0 radical (unpaired) electrons. The van der Waals surface area contributed by atoms with Crippen molar-refractivity contribution in [1.82, 2.24) is 9.99 Å². The number of aryl methyl sites for hydroxylation is 1. The molecule has 0 aliphatic rings. The van der Waals surface area contributed by atoms with Gasteiger partial charge in [-0.05, 0) is 32.9 Å². The highest BCUT2D eigenvalue weighted by molar-refractivity contribution is 5.98. The fraction of sp³-hybridized carbons (Fsp3) is 0.263. The highest BCUT2D eigenvalue weighted by Gasteiger charge is 2.19. The van der Waals surface area contributed by atoms with E-state index in [4.69, 9.17) is 9.15 Å². The lowest BCUT2D eigenvalue weighted by atomic mass is 10.2. The molecule has 2 heterocycles. The first-order valence-corrected chi connectivity index (χ1v) is 8.58. The van der Waals surface area contributed by atoms with Crippen molar-refractivity contribution in [3.05, 3.63) is 57.6 Å². The maximum Gasteiger partial charge on any atom is 0.307 e. The summed E-state index contributed by atoms with van der Waals surface area (Å²) in [6, 6.07) is 6.26. The molecule has 3 aromatic rings. The molecule has 0 saturated carbocycles. The quantitative estimate of drug-likeness (QED) is 0.395. The molecule has 0 aliphatic heterocycles. The third-order valence-electron chi connectivity index (χ3n) is 4.23. The molecule has 28 heavy (non-hydrogen) atoms. The molecule has 1 aromatic carbocycles. The second-order valence-electron chi connectivity index (χ2n) is 6.55. The van der Waals surface area contributed by atoms with E-state index in [0.29, 0.717) is 11.4 Å². The van der Waals surface area contributed by atoms with E-state index in [2.05, 4.69) is 28.9 Å². The van der Waals surface area contributed by atoms with Gasteiger partial charge in [0.2, 0.25) is 0 Å². The van der Waals surface area contributed by atoms with Crippen LogP contribution in [0.3, 0.4) is 0 Å². The van der Waals surface area contributed by atoms with E-state index < -0.39 is 10.8 Å². The Hall–Kier alpha value is -3.62. The first-order valence-electron chi connectivity index (χ1n) is 8.58. The van der Waals surface area contributed by atoms with Crippen molar-refractivity contribution in [2.45, 2.75) is 26.8 Å². The number of nitrogens with one attached hydrogen (secondary N) is 1. The number of nitro benzene ring substituents is 1. The number of non-ortho nitro benzene ring substituents is 1. The number of carbonyl (C=O) groups excluding carboxylic acids is 1. The van der Waals surface area contributed by atoms with E-state index in [1.807, 2.05) is 19.2 Å². The minimum atomic E-state index is -0.572. The molecule has 146 valence electrons. The summed E-state index contributed by atoms with van der Waals surface area (Å²) in [6.45, 7) is 6.16. The highest BCUT2D eigenvalue weighted by Crippen LogP contribution is 2.33. The zero-order valence-corrected chi connectivity index (χ0v) is 15.9. The molecule has 2 aromatic heterocycles. The van der Waals surface area contributed by atoms with Crippen LogP contribution in [0.2, 0.25) is 0 Å². The summed E-state index contributed by atoms with van der Waals surface area (Å²) in [6.07, 6.45) is 3.48. The Labute approximate surface area is 160 Å². The molecule has 0 spiro atoms. The third-order valence-corrected chi connectivity index (χ3v) is 4.23. The third kappa shape index (κ3) is 3.73. The lowest BCUT2D eigenvalue weighted by Gasteiger charge is -2.08. The summed E-state index contributed by atoms with van der Waals surface area (Å²) in [7, 11) is 1.37. The van der Waals surface area contributed by atoms with Gasteiger partial charge < -0.3 is 13.7 Å². The summed E-state index contributed by atoms with van der Waals surface area (Å²) in [4.78, 5) is 22.8. The number of nitrogens with zero attached hydrogens (tertiary/aromatic N) is 3. The van der Waals surface area contributed by atoms with Gasteiger partial charge in [0.05, 0.1) is 24.3 Å². The largest absolute Gasteiger partial charge is 0.493 e. The van der Waals surface area contributed by atoms with Crippen molar-refractivity contribution in [3.63, 3.8) is 0 Å². The predicted octanol–water partition coefficient (Wildman–Crippen LogP) is 3.80. The lowest BCUT2D eigenvalue weighted by Crippen LogP contribution is -2.16. The van der Waals surface area contributed by atoms with Gasteiger partial charge in [0.1, 0.15) is 0 Å². The van der Waals surface area contributed by atoms with E-state index in [9.17, 15) is 14.9 Å². The zero-order valence-electron chi connectivity index (χ0n) is 15.9. The minimum Gasteiger partial charge on any atom is -0.493 e. The van der Waals surface area contributed by atoms with Crippen molar-refractivity contribution < 1.29 is 18.9 Å². The smallest absolute Gasteiger partial charge is 0.307 e. The topological polar surface area (TPSA) is 112 Å². The molecular weight excluding hydrogens is 364 g/mol. The molecule has 0 unspecified atom stereocenters. The monoisotopic (exact) mass is 384 g/mol. The van der Waals surface area contributed by atoms with Crippen LogP contribution in [0.25, 0.3) is 11.0 Å². The van der Waals surface area contributed by atoms with Crippen molar-refractivity contribution in [2.75, 3.05) is 7.11 Å². The first kappa shape index (κ1) is 19.2. The Morgan fingerprint density at radius 2 is 2.11 bits per heavy atom. The molecule has 0 aliphatic carbocycles. The molecule has 0 fully saturated rings. The molecule has 3 rings (SSSR count). The van der Waals surface area contributed by atoms with Gasteiger partial charge in [0.25, 0.3) is 5.69 Å². The van der Waals surface area contributed by atoms with Crippen LogP contribution in [0, 0.1) is 17.0 Å². The number of carbonyl (C=O) groups is 1. The van der Waals surface area contributed by atoms with Crippen molar-refractivity contribution >= 4 is 28.8 Å². The number of furan rings is 1. The van der Waals surface area contributed by atoms with Crippen LogP contribution < -0.4 is 10.2 Å². The number of rotatable bonds is 6. The molecule has 0 bridgehead atoms. The van der Waals surface area contributed by atoms with E-state index in [0.717, 1.165) is 11.3 Å². The van der Waals surface area contributed by atoms with Crippen molar-refractivity contribution in [1.29, 1.82) is 0 Å². The first-order chi connectivity index (χ1) is 13.3. The summed E-state index contributed by atoms with van der Waals surface area (Å²) in [5.74, 6) is -0.420. The molecule has 1 amide bonds. The highest BCUT2D eigenvalue weighted by atomic mass is 16.6. The van der Waals surface area contributed by atoms with Crippen LogP contribution in [-0.2, 0) is 0 Å². The van der Waals surface area contributed by atoms with Gasteiger partial charge in [0, 0.05) is 34.9 Å². The zero-order chi connectivity index (χ0) is 20.4. The number of nitro groups is 1. The Morgan fingerprint density at radius 1 is 1.36 bits per heavy atom. The van der Waals surface area contributed by atoms with Crippen LogP contribution in [0.1, 0.15) is 41.7 Å². The molecule has 9 nitrogen and oxygen atoms in total. The van der Waals surface area contributed by atoms with Gasteiger partial charge in [0.15, 0.2) is 17.1 Å². The molecule has 0 atom stereocenters. The number of hydrogen-bond acceptors (Lipinski definition) is 6.